The second kappa shape index (κ2) is 10.2. The van der Waals surface area contributed by atoms with Crippen LogP contribution in [0.3, 0.4) is 0 Å². The van der Waals surface area contributed by atoms with Crippen LogP contribution in [0.5, 0.6) is 11.5 Å². The molecule has 1 aliphatic rings. The van der Waals surface area contributed by atoms with E-state index in [-0.39, 0.29) is 21.3 Å². The third kappa shape index (κ3) is 4.42. The molecule has 0 radical (unpaired) electrons. The number of aliphatic hydroxyl groups is 1. The van der Waals surface area contributed by atoms with E-state index in [4.69, 9.17) is 14.2 Å². The number of hydrogen-bond donors (Lipinski definition) is 1. The maximum atomic E-state index is 13.3. The number of Topliss-reactive ketones (excluding diaryl/α,β-unsaturated/α-hetero) is 1. The summed E-state index contributed by atoms with van der Waals surface area (Å²) in [5, 5.41) is 11.4. The highest BCUT2D eigenvalue weighted by molar-refractivity contribution is 7.17. The Kier molecular flexibility index (Phi) is 7.07. The minimum atomic E-state index is -0.997. The number of ketones is 1. The van der Waals surface area contributed by atoms with Gasteiger partial charge in [-0.15, -0.1) is 0 Å². The van der Waals surface area contributed by atoms with Crippen molar-refractivity contribution in [3.05, 3.63) is 75.8 Å². The molecule has 0 unspecified atom stereocenters. The van der Waals surface area contributed by atoms with E-state index >= 15 is 0 Å². The van der Waals surface area contributed by atoms with Gasteiger partial charge in [0.25, 0.3) is 5.78 Å². The number of thiazole rings is 1. The molecule has 186 valence electrons. The normalized spacial score (nSPS) is 16.8. The summed E-state index contributed by atoms with van der Waals surface area (Å²) in [6, 6.07) is 12.4. The molecular weight excluding hydrogens is 484 g/mol. The molecule has 1 fully saturated rings. The predicted molar refractivity (Wildman–Crippen MR) is 134 cm³/mol. The number of nitrogens with zero attached hydrogens (tertiary/aromatic N) is 2. The monoisotopic (exact) mass is 508 g/mol. The molecule has 36 heavy (non-hydrogen) atoms. The number of amides is 1. The maximum Gasteiger partial charge on any atom is 0.350 e. The number of aryl methyl sites for hydroxylation is 1. The van der Waals surface area contributed by atoms with Crippen LogP contribution in [-0.4, -0.2) is 48.6 Å². The molecule has 2 aromatic carbocycles. The first-order valence-corrected chi connectivity index (χ1v) is 11.9. The lowest BCUT2D eigenvalue weighted by Gasteiger charge is -2.23. The molecular formula is C26H24N2O7S. The SMILES string of the molecule is CCOc1ccc([C@H]2/C(=C(\O)c3cccc(OC)c3)C(=O)C(=O)N2c2nc(C)c(C(=O)OC)s2)cc1. The van der Waals surface area contributed by atoms with E-state index in [0.29, 0.717) is 34.9 Å². The number of methoxy groups -OCH3 is 2. The van der Waals surface area contributed by atoms with Crippen molar-refractivity contribution < 1.29 is 33.7 Å². The Morgan fingerprint density at radius 3 is 2.47 bits per heavy atom. The molecule has 1 saturated heterocycles. The zero-order chi connectivity index (χ0) is 26.0. The van der Waals surface area contributed by atoms with Gasteiger partial charge in [0.05, 0.1) is 38.1 Å². The molecule has 10 heteroatoms. The summed E-state index contributed by atoms with van der Waals surface area (Å²) in [4.78, 5) is 44.6. The van der Waals surface area contributed by atoms with E-state index in [0.717, 1.165) is 11.3 Å². The molecule has 0 spiro atoms. The molecule has 4 rings (SSSR count). The van der Waals surface area contributed by atoms with Gasteiger partial charge in [0, 0.05) is 5.56 Å². The highest BCUT2D eigenvalue weighted by Gasteiger charge is 2.48. The minimum absolute atomic E-state index is 0.107. The topological polar surface area (TPSA) is 115 Å². The van der Waals surface area contributed by atoms with Crippen molar-refractivity contribution in [2.75, 3.05) is 25.7 Å². The average molecular weight is 509 g/mol. The van der Waals surface area contributed by atoms with Crippen molar-refractivity contribution in [1.29, 1.82) is 0 Å². The van der Waals surface area contributed by atoms with Crippen molar-refractivity contribution in [1.82, 2.24) is 4.98 Å². The van der Waals surface area contributed by atoms with Crippen molar-refractivity contribution in [3.63, 3.8) is 0 Å². The summed E-state index contributed by atoms with van der Waals surface area (Å²) < 4.78 is 15.6. The first-order valence-electron chi connectivity index (χ1n) is 11.0. The third-order valence-electron chi connectivity index (χ3n) is 5.66. The summed E-state index contributed by atoms with van der Waals surface area (Å²) >= 11 is 0.939. The molecule has 0 bridgehead atoms. The van der Waals surface area contributed by atoms with E-state index in [1.165, 1.54) is 19.1 Å². The molecule has 1 amide bonds. The number of ether oxygens (including phenoxy) is 3. The number of hydrogen-bond acceptors (Lipinski definition) is 9. The van der Waals surface area contributed by atoms with Gasteiger partial charge in [-0.05, 0) is 43.7 Å². The second-order valence-corrected chi connectivity index (χ2v) is 8.78. The Labute approximate surface area is 211 Å². The average Bonchev–Trinajstić information content (AvgIpc) is 3.40. The Morgan fingerprint density at radius 2 is 1.83 bits per heavy atom. The summed E-state index contributed by atoms with van der Waals surface area (Å²) in [7, 11) is 2.74. The van der Waals surface area contributed by atoms with E-state index in [9.17, 15) is 19.5 Å². The van der Waals surface area contributed by atoms with Crippen LogP contribution in [0.1, 0.15) is 39.5 Å². The highest BCUT2D eigenvalue weighted by Crippen LogP contribution is 2.44. The fraction of sp³-hybridized carbons (Fsp3) is 0.231. The first-order chi connectivity index (χ1) is 17.3. The van der Waals surface area contributed by atoms with Gasteiger partial charge in [-0.25, -0.2) is 9.78 Å². The third-order valence-corrected chi connectivity index (χ3v) is 6.79. The van der Waals surface area contributed by atoms with Gasteiger partial charge < -0.3 is 19.3 Å². The van der Waals surface area contributed by atoms with Crippen molar-refractivity contribution in [2.45, 2.75) is 19.9 Å². The van der Waals surface area contributed by atoms with Crippen LogP contribution in [-0.2, 0) is 14.3 Å². The largest absolute Gasteiger partial charge is 0.507 e. The van der Waals surface area contributed by atoms with Gasteiger partial charge in [-0.1, -0.05) is 35.6 Å². The Morgan fingerprint density at radius 1 is 1.11 bits per heavy atom. The van der Waals surface area contributed by atoms with Gasteiger partial charge in [-0.2, -0.15) is 0 Å². The van der Waals surface area contributed by atoms with E-state index < -0.39 is 23.7 Å². The number of benzene rings is 2. The fourth-order valence-electron chi connectivity index (χ4n) is 3.95. The zero-order valence-corrected chi connectivity index (χ0v) is 20.9. The predicted octanol–water partition coefficient (Wildman–Crippen LogP) is 4.27. The second-order valence-electron chi connectivity index (χ2n) is 7.81. The molecule has 2 heterocycles. The van der Waals surface area contributed by atoms with Crippen molar-refractivity contribution in [2.24, 2.45) is 0 Å². The van der Waals surface area contributed by atoms with Crippen LogP contribution in [0.15, 0.2) is 54.1 Å². The van der Waals surface area contributed by atoms with E-state index in [1.54, 1.807) is 55.5 Å². The fourth-order valence-corrected chi connectivity index (χ4v) is 4.96. The zero-order valence-electron chi connectivity index (χ0n) is 20.1. The number of carbonyl (C=O) groups excluding carboxylic acids is 3. The number of aliphatic hydroxyl groups excluding tert-OH is 1. The lowest BCUT2D eigenvalue weighted by molar-refractivity contribution is -0.132. The van der Waals surface area contributed by atoms with E-state index in [1.807, 2.05) is 6.92 Å². The van der Waals surface area contributed by atoms with Gasteiger partial charge in [0.2, 0.25) is 0 Å². The number of esters is 1. The van der Waals surface area contributed by atoms with Crippen LogP contribution in [0.4, 0.5) is 5.13 Å². The minimum Gasteiger partial charge on any atom is -0.507 e. The Hall–Kier alpha value is -4.18. The van der Waals surface area contributed by atoms with Gasteiger partial charge in [-0.3, -0.25) is 14.5 Å². The lowest BCUT2D eigenvalue weighted by atomic mass is 9.95. The van der Waals surface area contributed by atoms with Crippen LogP contribution in [0, 0.1) is 6.92 Å². The standard InChI is InChI=1S/C26H24N2O7S/c1-5-35-17-11-9-15(10-12-17)20-19(21(29)16-7-6-8-18(13-16)33-3)22(30)24(31)28(20)26-27-14(2)23(36-26)25(32)34-4/h6-13,20,29H,5H2,1-4H3/b21-19+/t20-/m0/s1. The highest BCUT2D eigenvalue weighted by atomic mass is 32.1. The van der Waals surface area contributed by atoms with Crippen LogP contribution in [0.25, 0.3) is 5.76 Å². The molecule has 0 saturated carbocycles. The Balaban J connectivity index is 1.91. The molecule has 3 aromatic rings. The van der Waals surface area contributed by atoms with Gasteiger partial charge >= 0.3 is 11.9 Å². The molecule has 1 N–H and O–H groups in total. The number of aromatic nitrogens is 1. The van der Waals surface area contributed by atoms with E-state index in [2.05, 4.69) is 4.98 Å². The first kappa shape index (κ1) is 24.9. The molecule has 1 atom stereocenters. The summed E-state index contributed by atoms with van der Waals surface area (Å²) in [5.74, 6) is -1.60. The van der Waals surface area contributed by atoms with Crippen LogP contribution in [0.2, 0.25) is 0 Å². The molecule has 1 aromatic heterocycles. The van der Waals surface area contributed by atoms with Crippen molar-refractivity contribution in [3.8, 4) is 11.5 Å². The molecule has 0 aliphatic carbocycles. The number of anilines is 1. The number of rotatable bonds is 7. The van der Waals surface area contributed by atoms with Crippen LogP contribution < -0.4 is 14.4 Å². The van der Waals surface area contributed by atoms with Gasteiger partial charge in [0.15, 0.2) is 5.13 Å². The lowest BCUT2D eigenvalue weighted by Crippen LogP contribution is -2.29. The summed E-state index contributed by atoms with van der Waals surface area (Å²) in [6.45, 7) is 3.95. The molecule has 9 nitrogen and oxygen atoms in total. The van der Waals surface area contributed by atoms with Crippen molar-refractivity contribution >= 4 is 39.9 Å². The quantitative estimate of drug-likeness (QED) is 0.218. The smallest absolute Gasteiger partial charge is 0.350 e. The summed E-state index contributed by atoms with van der Waals surface area (Å²) in [5.41, 5.74) is 1.12. The number of carbonyl (C=O) groups is 3. The van der Waals surface area contributed by atoms with Gasteiger partial charge in [0.1, 0.15) is 22.1 Å². The maximum absolute atomic E-state index is 13.3. The Bertz CT molecular complexity index is 1360. The summed E-state index contributed by atoms with van der Waals surface area (Å²) in [6.07, 6.45) is 0. The van der Waals surface area contributed by atoms with Crippen LogP contribution >= 0.6 is 11.3 Å². The molecule has 1 aliphatic heterocycles.